The molecule has 0 aromatic carbocycles. The SMILES string of the molecule is CC#CCC(NC)C1(OCC)CCC(C)CC1. The van der Waals surface area contributed by atoms with Crippen LogP contribution in [0.1, 0.15) is 52.9 Å². The zero-order valence-corrected chi connectivity index (χ0v) is 11.8. The highest BCUT2D eigenvalue weighted by atomic mass is 16.5. The van der Waals surface area contributed by atoms with E-state index in [0.29, 0.717) is 6.04 Å². The van der Waals surface area contributed by atoms with Crippen LogP contribution in [0, 0.1) is 17.8 Å². The minimum Gasteiger partial charge on any atom is -0.374 e. The van der Waals surface area contributed by atoms with E-state index in [4.69, 9.17) is 4.74 Å². The Balaban J connectivity index is 2.75. The smallest absolute Gasteiger partial charge is 0.0844 e. The number of likely N-dealkylation sites (N-methyl/N-ethyl adjacent to an activating group) is 1. The maximum Gasteiger partial charge on any atom is 0.0844 e. The van der Waals surface area contributed by atoms with Crippen molar-refractivity contribution in [2.45, 2.75) is 64.5 Å². The highest BCUT2D eigenvalue weighted by molar-refractivity contribution is 5.05. The van der Waals surface area contributed by atoms with Crippen molar-refractivity contribution in [1.29, 1.82) is 0 Å². The number of hydrogen-bond acceptors (Lipinski definition) is 2. The first-order valence-electron chi connectivity index (χ1n) is 6.89. The molecule has 0 heterocycles. The summed E-state index contributed by atoms with van der Waals surface area (Å²) in [6.07, 6.45) is 5.77. The Morgan fingerprint density at radius 3 is 2.53 bits per heavy atom. The van der Waals surface area contributed by atoms with Crippen molar-refractivity contribution in [3.8, 4) is 11.8 Å². The van der Waals surface area contributed by atoms with Crippen molar-refractivity contribution in [1.82, 2.24) is 5.32 Å². The molecule has 1 saturated carbocycles. The van der Waals surface area contributed by atoms with E-state index in [1.807, 2.05) is 14.0 Å². The minimum absolute atomic E-state index is 0.0138. The molecule has 1 atom stereocenters. The fourth-order valence-electron chi connectivity index (χ4n) is 2.89. The minimum atomic E-state index is 0.0138. The molecular weight excluding hydrogens is 210 g/mol. The third-order valence-electron chi connectivity index (χ3n) is 4.02. The molecule has 2 heteroatoms. The topological polar surface area (TPSA) is 21.3 Å². The van der Waals surface area contributed by atoms with Gasteiger partial charge in [0.15, 0.2) is 0 Å². The standard InChI is InChI=1S/C15H27NO/c1-5-7-8-14(16-4)15(17-6-2)11-9-13(3)10-12-15/h13-14,16H,6,8-12H2,1-4H3. The molecule has 1 N–H and O–H groups in total. The van der Waals surface area contributed by atoms with E-state index in [9.17, 15) is 0 Å². The highest BCUT2D eigenvalue weighted by Crippen LogP contribution is 2.38. The van der Waals surface area contributed by atoms with Crippen LogP contribution >= 0.6 is 0 Å². The maximum absolute atomic E-state index is 6.14. The van der Waals surface area contributed by atoms with Gasteiger partial charge in [0.2, 0.25) is 0 Å². The summed E-state index contributed by atoms with van der Waals surface area (Å²) in [5.74, 6) is 7.04. The van der Waals surface area contributed by atoms with Gasteiger partial charge in [0.1, 0.15) is 0 Å². The summed E-state index contributed by atoms with van der Waals surface area (Å²) in [6, 6.07) is 0.363. The predicted molar refractivity (Wildman–Crippen MR) is 72.9 cm³/mol. The van der Waals surface area contributed by atoms with E-state index < -0.39 is 0 Å². The van der Waals surface area contributed by atoms with Gasteiger partial charge in [-0.25, -0.2) is 0 Å². The molecule has 98 valence electrons. The van der Waals surface area contributed by atoms with Crippen molar-refractivity contribution >= 4 is 0 Å². The van der Waals surface area contributed by atoms with Crippen molar-refractivity contribution in [3.63, 3.8) is 0 Å². The molecule has 17 heavy (non-hydrogen) atoms. The van der Waals surface area contributed by atoms with Crippen LogP contribution in [0.25, 0.3) is 0 Å². The number of nitrogens with one attached hydrogen (secondary N) is 1. The third-order valence-corrected chi connectivity index (χ3v) is 4.02. The fourth-order valence-corrected chi connectivity index (χ4v) is 2.89. The average Bonchev–Trinajstić information content (AvgIpc) is 2.34. The highest BCUT2D eigenvalue weighted by Gasteiger charge is 2.40. The molecule has 0 spiro atoms. The van der Waals surface area contributed by atoms with Crippen molar-refractivity contribution in [3.05, 3.63) is 0 Å². The zero-order valence-electron chi connectivity index (χ0n) is 11.8. The zero-order chi connectivity index (χ0) is 12.7. The van der Waals surface area contributed by atoms with E-state index in [2.05, 4.69) is 31.0 Å². The summed E-state index contributed by atoms with van der Waals surface area (Å²) in [6.45, 7) is 7.14. The van der Waals surface area contributed by atoms with Gasteiger partial charge in [-0.3, -0.25) is 0 Å². The lowest BCUT2D eigenvalue weighted by Crippen LogP contribution is -2.53. The summed E-state index contributed by atoms with van der Waals surface area (Å²) in [4.78, 5) is 0. The van der Waals surface area contributed by atoms with Crippen LogP contribution in [0.4, 0.5) is 0 Å². The van der Waals surface area contributed by atoms with Gasteiger partial charge in [0, 0.05) is 19.1 Å². The second kappa shape index (κ2) is 7.03. The second-order valence-electron chi connectivity index (χ2n) is 5.15. The Labute approximate surface area is 107 Å². The van der Waals surface area contributed by atoms with Gasteiger partial charge in [-0.2, -0.15) is 0 Å². The molecule has 1 fully saturated rings. The number of rotatable bonds is 5. The molecule has 1 unspecified atom stereocenters. The van der Waals surface area contributed by atoms with Crippen LogP contribution in [0.15, 0.2) is 0 Å². The largest absolute Gasteiger partial charge is 0.374 e. The normalized spacial score (nSPS) is 30.5. The quantitative estimate of drug-likeness (QED) is 0.742. The molecule has 0 amide bonds. The first-order valence-corrected chi connectivity index (χ1v) is 6.89. The number of hydrogen-bond donors (Lipinski definition) is 1. The molecule has 1 aliphatic carbocycles. The lowest BCUT2D eigenvalue weighted by molar-refractivity contribution is -0.0938. The average molecular weight is 237 g/mol. The van der Waals surface area contributed by atoms with Crippen LogP contribution in [-0.4, -0.2) is 25.3 Å². The first-order chi connectivity index (χ1) is 8.18. The molecule has 1 aliphatic rings. The molecule has 0 radical (unpaired) electrons. The summed E-state index contributed by atoms with van der Waals surface area (Å²) < 4.78 is 6.14. The third kappa shape index (κ3) is 3.72. The summed E-state index contributed by atoms with van der Waals surface area (Å²) in [5.41, 5.74) is 0.0138. The fraction of sp³-hybridized carbons (Fsp3) is 0.867. The lowest BCUT2D eigenvalue weighted by Gasteiger charge is -2.44. The molecule has 0 bridgehead atoms. The van der Waals surface area contributed by atoms with Gasteiger partial charge in [-0.15, -0.1) is 11.8 Å². The first kappa shape index (κ1) is 14.5. The van der Waals surface area contributed by atoms with Crippen molar-refractivity contribution < 1.29 is 4.74 Å². The van der Waals surface area contributed by atoms with Crippen LogP contribution < -0.4 is 5.32 Å². The molecular formula is C15H27NO. The monoisotopic (exact) mass is 237 g/mol. The summed E-state index contributed by atoms with van der Waals surface area (Å²) in [7, 11) is 2.03. The molecule has 0 aliphatic heterocycles. The summed E-state index contributed by atoms with van der Waals surface area (Å²) >= 11 is 0. The van der Waals surface area contributed by atoms with Crippen molar-refractivity contribution in [2.24, 2.45) is 5.92 Å². The van der Waals surface area contributed by atoms with Crippen LogP contribution in [0.2, 0.25) is 0 Å². The Morgan fingerprint density at radius 1 is 1.41 bits per heavy atom. The van der Waals surface area contributed by atoms with E-state index in [1.165, 1.54) is 25.7 Å². The predicted octanol–water partition coefficient (Wildman–Crippen LogP) is 2.97. The van der Waals surface area contributed by atoms with Crippen LogP contribution in [-0.2, 0) is 4.74 Å². The Kier molecular flexibility index (Phi) is 6.02. The van der Waals surface area contributed by atoms with E-state index >= 15 is 0 Å². The number of ether oxygens (including phenoxy) is 1. The second-order valence-corrected chi connectivity index (χ2v) is 5.15. The van der Waals surface area contributed by atoms with E-state index in [0.717, 1.165) is 18.9 Å². The molecule has 0 saturated heterocycles. The van der Waals surface area contributed by atoms with Gasteiger partial charge < -0.3 is 10.1 Å². The van der Waals surface area contributed by atoms with Gasteiger partial charge in [0.05, 0.1) is 5.60 Å². The summed E-state index contributed by atoms with van der Waals surface area (Å²) in [5, 5.41) is 3.42. The Morgan fingerprint density at radius 2 is 2.06 bits per heavy atom. The molecule has 0 aromatic heterocycles. The Bertz CT molecular complexity index is 268. The van der Waals surface area contributed by atoms with Gasteiger partial charge in [0.25, 0.3) is 0 Å². The van der Waals surface area contributed by atoms with Crippen LogP contribution in [0.3, 0.4) is 0 Å². The van der Waals surface area contributed by atoms with E-state index in [1.54, 1.807) is 0 Å². The van der Waals surface area contributed by atoms with E-state index in [-0.39, 0.29) is 5.60 Å². The van der Waals surface area contributed by atoms with Crippen molar-refractivity contribution in [2.75, 3.05) is 13.7 Å². The molecule has 2 nitrogen and oxygen atoms in total. The lowest BCUT2D eigenvalue weighted by atomic mass is 9.74. The molecule has 0 aromatic rings. The maximum atomic E-state index is 6.14. The van der Waals surface area contributed by atoms with Gasteiger partial charge in [-0.05, 0) is 52.5 Å². The Hall–Kier alpha value is -0.520. The molecule has 1 rings (SSSR count). The van der Waals surface area contributed by atoms with Gasteiger partial charge >= 0.3 is 0 Å². The van der Waals surface area contributed by atoms with Crippen LogP contribution in [0.5, 0.6) is 0 Å². The van der Waals surface area contributed by atoms with Gasteiger partial charge in [-0.1, -0.05) is 6.92 Å².